The number of primary amides is 1. The predicted octanol–water partition coefficient (Wildman–Crippen LogP) is 4.75. The minimum absolute atomic E-state index is 0.0247. The van der Waals surface area contributed by atoms with Gasteiger partial charge in [-0.3, -0.25) is 14.6 Å². The summed E-state index contributed by atoms with van der Waals surface area (Å²) < 4.78 is 38.8. The summed E-state index contributed by atoms with van der Waals surface area (Å²) in [6.07, 6.45) is -1.80. The largest absolute Gasteiger partial charge is 0.417 e. The van der Waals surface area contributed by atoms with Gasteiger partial charge in [-0.1, -0.05) is 12.1 Å². The van der Waals surface area contributed by atoms with Crippen LogP contribution in [-0.2, 0) is 6.18 Å². The highest BCUT2D eigenvalue weighted by Crippen LogP contribution is 2.34. The van der Waals surface area contributed by atoms with Crippen molar-refractivity contribution in [1.82, 2.24) is 4.98 Å². The van der Waals surface area contributed by atoms with E-state index in [1.165, 1.54) is 6.20 Å². The standard InChI is InChI=1S/C25H23F3N4O2/c1-15-5-6-17(24(34)31-20-11-19(12-30-13-20)25(26,27)28)10-22(15)18-7-8-32(14-18)21-4-2-3-16(9-21)23(29)33/h2-6,9-13,18H,7-8,14H2,1H3,(H2,29,33)(H,31,34)/t18-/m1/s1. The van der Waals surface area contributed by atoms with E-state index >= 15 is 0 Å². The molecule has 3 aromatic rings. The maximum Gasteiger partial charge on any atom is 0.417 e. The number of benzene rings is 2. The number of nitrogens with zero attached hydrogens (tertiary/aromatic N) is 2. The van der Waals surface area contributed by atoms with Crippen LogP contribution in [0.1, 0.15) is 49.7 Å². The Bertz CT molecular complexity index is 1240. The first-order chi connectivity index (χ1) is 16.1. The molecule has 0 spiro atoms. The molecule has 176 valence electrons. The van der Waals surface area contributed by atoms with Gasteiger partial charge >= 0.3 is 6.18 Å². The van der Waals surface area contributed by atoms with E-state index < -0.39 is 23.6 Å². The Kier molecular flexibility index (Phi) is 6.28. The molecule has 1 aromatic heterocycles. The molecule has 1 atom stereocenters. The van der Waals surface area contributed by atoms with E-state index in [0.29, 0.717) is 23.9 Å². The van der Waals surface area contributed by atoms with Crippen LogP contribution in [0.4, 0.5) is 24.5 Å². The average Bonchev–Trinajstić information content (AvgIpc) is 3.29. The molecule has 4 rings (SSSR count). The molecule has 0 bridgehead atoms. The molecule has 2 aromatic carbocycles. The molecule has 1 aliphatic rings. The molecule has 34 heavy (non-hydrogen) atoms. The number of carbonyl (C=O) groups is 2. The second kappa shape index (κ2) is 9.17. The van der Waals surface area contributed by atoms with E-state index in [9.17, 15) is 22.8 Å². The first-order valence-corrected chi connectivity index (χ1v) is 10.7. The summed E-state index contributed by atoms with van der Waals surface area (Å²) in [5.41, 5.74) is 8.17. The fraction of sp³-hybridized carbons (Fsp3) is 0.240. The lowest BCUT2D eigenvalue weighted by Gasteiger charge is -2.20. The van der Waals surface area contributed by atoms with E-state index in [2.05, 4.69) is 15.2 Å². The van der Waals surface area contributed by atoms with Crippen LogP contribution < -0.4 is 16.0 Å². The van der Waals surface area contributed by atoms with Gasteiger partial charge in [0.25, 0.3) is 5.91 Å². The lowest BCUT2D eigenvalue weighted by atomic mass is 9.92. The van der Waals surface area contributed by atoms with Crippen molar-refractivity contribution in [3.05, 3.63) is 88.7 Å². The van der Waals surface area contributed by atoms with Crippen molar-refractivity contribution in [2.24, 2.45) is 5.73 Å². The van der Waals surface area contributed by atoms with E-state index in [4.69, 9.17) is 5.73 Å². The molecule has 9 heteroatoms. The highest BCUT2D eigenvalue weighted by molar-refractivity contribution is 6.04. The number of hydrogen-bond acceptors (Lipinski definition) is 4. The number of amides is 2. The zero-order chi connectivity index (χ0) is 24.5. The van der Waals surface area contributed by atoms with Crippen LogP contribution in [0.15, 0.2) is 60.9 Å². The van der Waals surface area contributed by atoms with Gasteiger partial charge in [0.2, 0.25) is 5.91 Å². The van der Waals surface area contributed by atoms with Crippen LogP contribution in [0.3, 0.4) is 0 Å². The maximum atomic E-state index is 12.9. The van der Waals surface area contributed by atoms with Gasteiger partial charge in [-0.2, -0.15) is 13.2 Å². The number of aryl methyl sites for hydroxylation is 1. The molecule has 6 nitrogen and oxygen atoms in total. The highest BCUT2D eigenvalue weighted by Gasteiger charge is 2.31. The number of pyridine rings is 1. The third-order valence-corrected chi connectivity index (χ3v) is 5.99. The number of rotatable bonds is 5. The van der Waals surface area contributed by atoms with Crippen molar-refractivity contribution in [3.8, 4) is 0 Å². The summed E-state index contributed by atoms with van der Waals surface area (Å²) in [5.74, 6) is -0.838. The molecule has 0 radical (unpaired) electrons. The number of nitrogens with two attached hydrogens (primary N) is 1. The van der Waals surface area contributed by atoms with Crippen molar-refractivity contribution in [3.63, 3.8) is 0 Å². The number of halogens is 3. The second-order valence-corrected chi connectivity index (χ2v) is 8.33. The first-order valence-electron chi connectivity index (χ1n) is 10.7. The van der Waals surface area contributed by atoms with Crippen LogP contribution in [0.2, 0.25) is 0 Å². The van der Waals surface area contributed by atoms with Crippen molar-refractivity contribution < 1.29 is 22.8 Å². The Morgan fingerprint density at radius 2 is 1.88 bits per heavy atom. The number of nitrogens with one attached hydrogen (secondary N) is 1. The lowest BCUT2D eigenvalue weighted by Crippen LogP contribution is -2.20. The quantitative estimate of drug-likeness (QED) is 0.566. The normalized spacial score (nSPS) is 15.9. The fourth-order valence-electron chi connectivity index (χ4n) is 4.19. The Balaban J connectivity index is 1.51. The molecule has 2 amide bonds. The SMILES string of the molecule is Cc1ccc(C(=O)Nc2cncc(C(F)(F)F)c2)cc1[C@@H]1CCN(c2cccc(C(N)=O)c2)C1. The van der Waals surface area contributed by atoms with Gasteiger partial charge in [-0.15, -0.1) is 0 Å². The monoisotopic (exact) mass is 468 g/mol. The van der Waals surface area contributed by atoms with Gasteiger partial charge in [-0.25, -0.2) is 0 Å². The third-order valence-electron chi connectivity index (χ3n) is 5.99. The van der Waals surface area contributed by atoms with Gasteiger partial charge in [0, 0.05) is 42.0 Å². The Morgan fingerprint density at radius 1 is 1.09 bits per heavy atom. The average molecular weight is 468 g/mol. The summed E-state index contributed by atoms with van der Waals surface area (Å²) >= 11 is 0. The number of aromatic nitrogens is 1. The fourth-order valence-corrected chi connectivity index (χ4v) is 4.19. The minimum atomic E-state index is -4.55. The lowest BCUT2D eigenvalue weighted by molar-refractivity contribution is -0.137. The van der Waals surface area contributed by atoms with Gasteiger partial charge in [0.1, 0.15) is 0 Å². The summed E-state index contributed by atoms with van der Waals surface area (Å²) in [4.78, 5) is 30.0. The van der Waals surface area contributed by atoms with Crippen molar-refractivity contribution in [2.75, 3.05) is 23.3 Å². The van der Waals surface area contributed by atoms with E-state index in [-0.39, 0.29) is 11.6 Å². The van der Waals surface area contributed by atoms with E-state index in [0.717, 1.165) is 35.8 Å². The minimum Gasteiger partial charge on any atom is -0.371 e. The molecule has 1 aliphatic heterocycles. The van der Waals surface area contributed by atoms with Gasteiger partial charge in [0.15, 0.2) is 0 Å². The van der Waals surface area contributed by atoms with Crippen molar-refractivity contribution >= 4 is 23.2 Å². The number of carbonyl (C=O) groups excluding carboxylic acids is 2. The van der Waals surface area contributed by atoms with Crippen LogP contribution in [-0.4, -0.2) is 29.9 Å². The van der Waals surface area contributed by atoms with Crippen LogP contribution in [0.25, 0.3) is 0 Å². The van der Waals surface area contributed by atoms with Crippen LogP contribution in [0.5, 0.6) is 0 Å². The van der Waals surface area contributed by atoms with E-state index in [1.807, 2.05) is 19.1 Å². The second-order valence-electron chi connectivity index (χ2n) is 8.33. The highest BCUT2D eigenvalue weighted by atomic mass is 19.4. The molecular formula is C25H23F3N4O2. The molecule has 2 heterocycles. The predicted molar refractivity (Wildman–Crippen MR) is 123 cm³/mol. The summed E-state index contributed by atoms with van der Waals surface area (Å²) in [5, 5.41) is 2.50. The number of anilines is 2. The zero-order valence-electron chi connectivity index (χ0n) is 18.4. The van der Waals surface area contributed by atoms with Gasteiger partial charge < -0.3 is 16.0 Å². The summed E-state index contributed by atoms with van der Waals surface area (Å²) in [7, 11) is 0. The third kappa shape index (κ3) is 5.03. The molecule has 0 saturated carbocycles. The van der Waals surface area contributed by atoms with Crippen molar-refractivity contribution in [2.45, 2.75) is 25.4 Å². The smallest absolute Gasteiger partial charge is 0.371 e. The summed E-state index contributed by atoms with van der Waals surface area (Å²) in [6.45, 7) is 3.44. The van der Waals surface area contributed by atoms with Crippen LogP contribution in [0, 0.1) is 6.92 Å². The van der Waals surface area contributed by atoms with Crippen molar-refractivity contribution in [1.29, 1.82) is 0 Å². The molecule has 1 saturated heterocycles. The zero-order valence-corrected chi connectivity index (χ0v) is 18.4. The summed E-state index contributed by atoms with van der Waals surface area (Å²) in [6, 6.07) is 13.3. The Labute approximate surface area is 194 Å². The van der Waals surface area contributed by atoms with Gasteiger partial charge in [-0.05, 0) is 60.9 Å². The van der Waals surface area contributed by atoms with E-state index in [1.54, 1.807) is 30.3 Å². The first kappa shape index (κ1) is 23.3. The molecule has 0 unspecified atom stereocenters. The number of alkyl halides is 3. The topological polar surface area (TPSA) is 88.3 Å². The Hall–Kier alpha value is -3.88. The molecule has 0 aliphatic carbocycles. The Morgan fingerprint density at radius 3 is 2.62 bits per heavy atom. The van der Waals surface area contributed by atoms with Crippen LogP contribution >= 0.6 is 0 Å². The maximum absolute atomic E-state index is 12.9. The van der Waals surface area contributed by atoms with Gasteiger partial charge in [0.05, 0.1) is 17.4 Å². The molecule has 1 fully saturated rings. The molecular weight excluding hydrogens is 445 g/mol. The number of hydrogen-bond donors (Lipinski definition) is 2. The molecule has 3 N–H and O–H groups in total.